The number of carbonyl (C=O) groups excluding carboxylic acids is 2. The number of anilines is 1. The number of nitro groups is 1. The molecule has 0 bridgehead atoms. The van der Waals surface area contributed by atoms with Gasteiger partial charge in [0.1, 0.15) is 17.3 Å². The second-order valence-electron chi connectivity index (χ2n) is 5.09. The Morgan fingerprint density at radius 2 is 2.12 bits per heavy atom. The monoisotopic (exact) mass is 377 g/mol. The minimum Gasteiger partial charge on any atom is -0.395 e. The summed E-state index contributed by atoms with van der Waals surface area (Å²) in [6.07, 6.45) is 0. The van der Waals surface area contributed by atoms with Crippen LogP contribution in [0.3, 0.4) is 0 Å². The zero-order chi connectivity index (χ0) is 19.4. The van der Waals surface area contributed by atoms with E-state index in [0.717, 1.165) is 6.07 Å². The number of benzene rings is 1. The van der Waals surface area contributed by atoms with Crippen LogP contribution >= 0.6 is 11.6 Å². The number of carbonyl (C=O) groups is 2. The molecule has 134 valence electrons. The summed E-state index contributed by atoms with van der Waals surface area (Å²) in [5.74, 6) is -1.66. The molecule has 10 nitrogen and oxygen atoms in total. The average Bonchev–Trinajstić information content (AvgIpc) is 2.59. The first-order valence-corrected chi connectivity index (χ1v) is 7.55. The quantitative estimate of drug-likeness (QED) is 0.445. The van der Waals surface area contributed by atoms with Gasteiger partial charge in [0.2, 0.25) is 0 Å². The van der Waals surface area contributed by atoms with Crippen molar-refractivity contribution in [3.8, 4) is 6.07 Å². The predicted molar refractivity (Wildman–Crippen MR) is 91.3 cm³/mol. The van der Waals surface area contributed by atoms with Crippen LogP contribution in [0.2, 0.25) is 5.02 Å². The fourth-order valence-electron chi connectivity index (χ4n) is 2.23. The molecule has 1 aromatic rings. The number of hydrogen-bond donors (Lipinski definition) is 2. The molecular weight excluding hydrogens is 366 g/mol. The number of nitro benzene ring substituents is 1. The van der Waals surface area contributed by atoms with E-state index < -0.39 is 23.3 Å². The molecular formula is C15H12ClN5O5. The van der Waals surface area contributed by atoms with Crippen molar-refractivity contribution in [3.63, 3.8) is 0 Å². The van der Waals surface area contributed by atoms with Crippen LogP contribution in [0.5, 0.6) is 0 Å². The lowest BCUT2D eigenvalue weighted by Gasteiger charge is -2.25. The highest BCUT2D eigenvalue weighted by atomic mass is 35.5. The normalized spacial score (nSPS) is 16.1. The molecule has 1 aromatic carbocycles. The van der Waals surface area contributed by atoms with E-state index in [9.17, 15) is 19.7 Å². The molecule has 1 heterocycles. The van der Waals surface area contributed by atoms with Crippen LogP contribution in [0.1, 0.15) is 6.92 Å². The standard InChI is InChI=1S/C15H12ClN5O5/c1-8-10(7-17)14(23)20(4-5-22)15(24)13(8)19-18-11-3-2-9(16)6-12(11)21(25)26/h2-3,6,18,22H,4-5H2,1H3/b19-13-. The van der Waals surface area contributed by atoms with Gasteiger partial charge >= 0.3 is 0 Å². The molecule has 0 aliphatic carbocycles. The van der Waals surface area contributed by atoms with Gasteiger partial charge in [0.15, 0.2) is 5.71 Å². The molecule has 2 rings (SSSR count). The Hall–Kier alpha value is -3.29. The van der Waals surface area contributed by atoms with Crippen LogP contribution in [-0.4, -0.2) is 45.6 Å². The first kappa shape index (κ1) is 19.0. The highest BCUT2D eigenvalue weighted by Gasteiger charge is 2.36. The minimum atomic E-state index is -0.833. The van der Waals surface area contributed by atoms with Crippen molar-refractivity contribution in [2.75, 3.05) is 18.6 Å². The number of imide groups is 1. The van der Waals surface area contributed by atoms with Crippen LogP contribution in [-0.2, 0) is 9.59 Å². The van der Waals surface area contributed by atoms with Crippen LogP contribution < -0.4 is 5.43 Å². The number of hydrazone groups is 1. The number of nitrogens with zero attached hydrogens (tertiary/aromatic N) is 4. The van der Waals surface area contributed by atoms with Crippen molar-refractivity contribution in [2.45, 2.75) is 6.92 Å². The molecule has 1 aliphatic heterocycles. The Labute approximate surface area is 152 Å². The van der Waals surface area contributed by atoms with Crippen molar-refractivity contribution in [3.05, 3.63) is 44.5 Å². The molecule has 1 aliphatic rings. The van der Waals surface area contributed by atoms with Gasteiger partial charge in [0, 0.05) is 16.7 Å². The Bertz CT molecular complexity index is 902. The lowest BCUT2D eigenvalue weighted by molar-refractivity contribution is -0.383. The van der Waals surface area contributed by atoms with Gasteiger partial charge in [-0.2, -0.15) is 10.4 Å². The topological polar surface area (TPSA) is 149 Å². The molecule has 0 saturated heterocycles. The molecule has 0 fully saturated rings. The van der Waals surface area contributed by atoms with Gasteiger partial charge in [0.25, 0.3) is 17.5 Å². The molecule has 0 unspecified atom stereocenters. The van der Waals surface area contributed by atoms with E-state index in [4.69, 9.17) is 22.0 Å². The maximum Gasteiger partial charge on any atom is 0.295 e. The van der Waals surface area contributed by atoms with Gasteiger partial charge in [-0.1, -0.05) is 11.6 Å². The molecule has 2 N–H and O–H groups in total. The summed E-state index contributed by atoms with van der Waals surface area (Å²) in [5.41, 5.74) is 1.46. The van der Waals surface area contributed by atoms with Gasteiger partial charge < -0.3 is 5.11 Å². The Morgan fingerprint density at radius 1 is 1.42 bits per heavy atom. The summed E-state index contributed by atoms with van der Waals surface area (Å²) in [7, 11) is 0. The van der Waals surface area contributed by atoms with E-state index in [1.54, 1.807) is 6.07 Å². The van der Waals surface area contributed by atoms with Gasteiger partial charge in [-0.25, -0.2) is 0 Å². The molecule has 0 spiro atoms. The summed E-state index contributed by atoms with van der Waals surface area (Å²) < 4.78 is 0. The van der Waals surface area contributed by atoms with Crippen molar-refractivity contribution in [2.24, 2.45) is 5.10 Å². The van der Waals surface area contributed by atoms with Gasteiger partial charge in [-0.3, -0.25) is 30.0 Å². The summed E-state index contributed by atoms with van der Waals surface area (Å²) in [5, 5.41) is 33.2. The minimum absolute atomic E-state index is 0.0285. The lowest BCUT2D eigenvalue weighted by Crippen LogP contribution is -2.48. The second-order valence-corrected chi connectivity index (χ2v) is 5.52. The largest absolute Gasteiger partial charge is 0.395 e. The van der Waals surface area contributed by atoms with E-state index >= 15 is 0 Å². The summed E-state index contributed by atoms with van der Waals surface area (Å²) in [6, 6.07) is 5.50. The number of aliphatic hydroxyl groups excluding tert-OH is 1. The third-order valence-electron chi connectivity index (χ3n) is 3.52. The smallest absolute Gasteiger partial charge is 0.295 e. The lowest BCUT2D eigenvalue weighted by atomic mass is 9.99. The fourth-order valence-corrected chi connectivity index (χ4v) is 2.39. The van der Waals surface area contributed by atoms with Crippen LogP contribution in [0.25, 0.3) is 0 Å². The number of aliphatic hydroxyl groups is 1. The molecule has 0 aromatic heterocycles. The van der Waals surface area contributed by atoms with Crippen molar-refractivity contribution < 1.29 is 19.6 Å². The maximum atomic E-state index is 12.4. The summed E-state index contributed by atoms with van der Waals surface area (Å²) in [6.45, 7) is 0.566. The number of halogens is 1. The number of amides is 2. The summed E-state index contributed by atoms with van der Waals surface area (Å²) in [4.78, 5) is 35.6. The van der Waals surface area contributed by atoms with E-state index in [-0.39, 0.29) is 39.8 Å². The van der Waals surface area contributed by atoms with Crippen molar-refractivity contribution in [1.29, 1.82) is 5.26 Å². The third kappa shape index (κ3) is 3.53. The van der Waals surface area contributed by atoms with Crippen LogP contribution in [0, 0.1) is 21.4 Å². The Morgan fingerprint density at radius 3 is 2.69 bits per heavy atom. The average molecular weight is 378 g/mol. The molecule has 0 radical (unpaired) electrons. The number of hydrogen-bond acceptors (Lipinski definition) is 8. The molecule has 0 atom stereocenters. The highest BCUT2D eigenvalue weighted by Crippen LogP contribution is 2.28. The van der Waals surface area contributed by atoms with Gasteiger partial charge in [-0.05, 0) is 19.1 Å². The summed E-state index contributed by atoms with van der Waals surface area (Å²) >= 11 is 5.73. The van der Waals surface area contributed by atoms with E-state index in [1.807, 2.05) is 0 Å². The predicted octanol–water partition coefficient (Wildman–Crippen LogP) is 1.22. The molecule has 11 heteroatoms. The van der Waals surface area contributed by atoms with Crippen molar-refractivity contribution >= 4 is 40.5 Å². The van der Waals surface area contributed by atoms with E-state index in [1.165, 1.54) is 19.1 Å². The van der Waals surface area contributed by atoms with Crippen molar-refractivity contribution in [1.82, 2.24) is 4.90 Å². The second kappa shape index (κ2) is 7.73. The van der Waals surface area contributed by atoms with E-state index in [0.29, 0.717) is 4.90 Å². The first-order chi connectivity index (χ1) is 12.3. The first-order valence-electron chi connectivity index (χ1n) is 7.17. The number of β-amino-alcohol motifs (C(OH)–C–C–N with tert-alkyl or cyclic N) is 1. The molecule has 26 heavy (non-hydrogen) atoms. The zero-order valence-corrected chi connectivity index (χ0v) is 14.1. The van der Waals surface area contributed by atoms with Crippen LogP contribution in [0.4, 0.5) is 11.4 Å². The highest BCUT2D eigenvalue weighted by molar-refractivity contribution is 6.50. The third-order valence-corrected chi connectivity index (χ3v) is 3.75. The maximum absolute atomic E-state index is 12.4. The van der Waals surface area contributed by atoms with Crippen LogP contribution in [0.15, 0.2) is 34.4 Å². The number of nitrogens with one attached hydrogen (secondary N) is 1. The molecule has 2 amide bonds. The zero-order valence-electron chi connectivity index (χ0n) is 13.4. The Kier molecular flexibility index (Phi) is 5.66. The SMILES string of the molecule is CC1=C(C#N)C(=O)N(CCO)C(=O)/C1=N\Nc1ccc(Cl)cc1[N+](=O)[O-]. The van der Waals surface area contributed by atoms with Gasteiger partial charge in [-0.15, -0.1) is 0 Å². The number of rotatable bonds is 5. The Balaban J connectivity index is 2.48. The fraction of sp³-hybridized carbons (Fsp3) is 0.200. The molecule has 0 saturated carbocycles. The van der Waals surface area contributed by atoms with E-state index in [2.05, 4.69) is 10.5 Å². The van der Waals surface area contributed by atoms with Gasteiger partial charge in [0.05, 0.1) is 18.1 Å². The number of nitriles is 1.